The number of hydrogen-bond acceptors (Lipinski definition) is 1. The number of halogens is 1. The van der Waals surface area contributed by atoms with Crippen molar-refractivity contribution in [2.45, 2.75) is 26.7 Å². The second-order valence-corrected chi connectivity index (χ2v) is 6.45. The molecule has 0 radical (unpaired) electrons. The van der Waals surface area contributed by atoms with E-state index in [1.54, 1.807) is 0 Å². The van der Waals surface area contributed by atoms with E-state index in [0.717, 1.165) is 11.1 Å². The van der Waals surface area contributed by atoms with Crippen LogP contribution in [-0.4, -0.2) is 5.78 Å². The smallest absolute Gasteiger partial charge is 0.150 e. The molecular formula is C18H19ClO. The highest BCUT2D eigenvalue weighted by Crippen LogP contribution is 2.33. The first kappa shape index (κ1) is 14.8. The number of hydrogen-bond donors (Lipinski definition) is 0. The van der Waals surface area contributed by atoms with Crippen molar-refractivity contribution in [1.29, 1.82) is 0 Å². The zero-order chi connectivity index (χ0) is 14.8. The predicted octanol–water partition coefficient (Wildman–Crippen LogP) is 5.09. The van der Waals surface area contributed by atoms with Crippen LogP contribution < -0.4 is 0 Å². The highest BCUT2D eigenvalue weighted by atomic mass is 35.5. The van der Waals surface area contributed by atoms with Gasteiger partial charge in [0.1, 0.15) is 5.78 Å². The topological polar surface area (TPSA) is 17.1 Å². The molecule has 0 aromatic heterocycles. The van der Waals surface area contributed by atoms with Gasteiger partial charge in [-0.3, -0.25) is 4.79 Å². The van der Waals surface area contributed by atoms with Gasteiger partial charge in [-0.2, -0.15) is 0 Å². The molecular weight excluding hydrogens is 268 g/mol. The fraction of sp³-hybridized carbons (Fsp3) is 0.278. The SMILES string of the molecule is CC(C)(C)C(=O)C(c1ccccc1)c1cccc(Cl)c1. The molecule has 0 aliphatic heterocycles. The number of ketones is 1. The molecule has 0 aliphatic rings. The van der Waals surface area contributed by atoms with Crippen molar-refractivity contribution in [2.24, 2.45) is 5.41 Å². The van der Waals surface area contributed by atoms with E-state index in [1.165, 1.54) is 0 Å². The summed E-state index contributed by atoms with van der Waals surface area (Å²) in [6.07, 6.45) is 0. The Kier molecular flexibility index (Phi) is 4.29. The van der Waals surface area contributed by atoms with Crippen LogP contribution in [0.5, 0.6) is 0 Å². The van der Waals surface area contributed by atoms with Gasteiger partial charge in [0.2, 0.25) is 0 Å². The number of carbonyl (C=O) groups excluding carboxylic acids is 1. The quantitative estimate of drug-likeness (QED) is 0.768. The third-order valence-corrected chi connectivity index (χ3v) is 3.55. The van der Waals surface area contributed by atoms with E-state index in [1.807, 2.05) is 75.4 Å². The molecule has 1 nitrogen and oxygen atoms in total. The number of Topliss-reactive ketones (excluding diaryl/α,β-unsaturated/α-hetero) is 1. The van der Waals surface area contributed by atoms with Gasteiger partial charge in [-0.1, -0.05) is 74.8 Å². The molecule has 0 N–H and O–H groups in total. The summed E-state index contributed by atoms with van der Waals surface area (Å²) in [6.45, 7) is 5.86. The molecule has 0 heterocycles. The van der Waals surface area contributed by atoms with E-state index in [4.69, 9.17) is 11.6 Å². The van der Waals surface area contributed by atoms with Crippen molar-refractivity contribution >= 4 is 17.4 Å². The normalized spacial score (nSPS) is 13.0. The van der Waals surface area contributed by atoms with E-state index in [0.29, 0.717) is 5.02 Å². The highest BCUT2D eigenvalue weighted by molar-refractivity contribution is 6.30. The lowest BCUT2D eigenvalue weighted by Gasteiger charge is -2.25. The van der Waals surface area contributed by atoms with Gasteiger partial charge >= 0.3 is 0 Å². The van der Waals surface area contributed by atoms with E-state index in [-0.39, 0.29) is 11.7 Å². The lowest BCUT2D eigenvalue weighted by molar-refractivity contribution is -0.126. The maximum atomic E-state index is 12.8. The first-order valence-corrected chi connectivity index (χ1v) is 7.12. The molecule has 0 amide bonds. The molecule has 0 aliphatic carbocycles. The summed E-state index contributed by atoms with van der Waals surface area (Å²) in [6, 6.07) is 17.4. The molecule has 0 bridgehead atoms. The number of carbonyl (C=O) groups is 1. The summed E-state index contributed by atoms with van der Waals surface area (Å²) >= 11 is 6.08. The van der Waals surface area contributed by atoms with Gasteiger partial charge in [0.15, 0.2) is 0 Å². The second kappa shape index (κ2) is 5.80. The van der Waals surface area contributed by atoms with Gasteiger partial charge in [0.05, 0.1) is 5.92 Å². The standard InChI is InChI=1S/C18H19ClO/c1-18(2,3)17(20)16(13-8-5-4-6-9-13)14-10-7-11-15(19)12-14/h4-12,16H,1-3H3. The van der Waals surface area contributed by atoms with Gasteiger partial charge in [0.25, 0.3) is 0 Å². The molecule has 104 valence electrons. The number of rotatable bonds is 3. The summed E-state index contributed by atoms with van der Waals surface area (Å²) in [4.78, 5) is 12.8. The van der Waals surface area contributed by atoms with Gasteiger partial charge in [-0.15, -0.1) is 0 Å². The molecule has 2 heteroatoms. The molecule has 20 heavy (non-hydrogen) atoms. The molecule has 0 saturated heterocycles. The van der Waals surface area contributed by atoms with Crippen LogP contribution in [0.2, 0.25) is 5.02 Å². The maximum absolute atomic E-state index is 12.8. The minimum absolute atomic E-state index is 0.200. The van der Waals surface area contributed by atoms with Crippen molar-refractivity contribution in [2.75, 3.05) is 0 Å². The van der Waals surface area contributed by atoms with E-state index < -0.39 is 5.41 Å². The van der Waals surface area contributed by atoms with Crippen molar-refractivity contribution in [3.05, 3.63) is 70.7 Å². The van der Waals surface area contributed by atoms with E-state index >= 15 is 0 Å². The Hall–Kier alpha value is -1.60. The first-order chi connectivity index (χ1) is 9.39. The first-order valence-electron chi connectivity index (χ1n) is 6.74. The fourth-order valence-corrected chi connectivity index (χ4v) is 2.46. The molecule has 1 unspecified atom stereocenters. The van der Waals surface area contributed by atoms with E-state index in [9.17, 15) is 4.79 Å². The van der Waals surface area contributed by atoms with Crippen molar-refractivity contribution in [3.8, 4) is 0 Å². The van der Waals surface area contributed by atoms with Crippen LogP contribution >= 0.6 is 11.6 Å². The summed E-state index contributed by atoms with van der Waals surface area (Å²) in [5, 5.41) is 0.658. The van der Waals surface area contributed by atoms with E-state index in [2.05, 4.69) is 0 Å². The average Bonchev–Trinajstić information content (AvgIpc) is 2.39. The van der Waals surface area contributed by atoms with Crippen LogP contribution in [-0.2, 0) is 4.79 Å². The van der Waals surface area contributed by atoms with Crippen LogP contribution in [0.3, 0.4) is 0 Å². The molecule has 1 atom stereocenters. The number of benzene rings is 2. The zero-order valence-electron chi connectivity index (χ0n) is 12.1. The Balaban J connectivity index is 2.53. The molecule has 2 aromatic rings. The summed E-state index contributed by atoms with van der Waals surface area (Å²) < 4.78 is 0. The Bertz CT molecular complexity index is 596. The summed E-state index contributed by atoms with van der Waals surface area (Å²) in [5.41, 5.74) is 1.56. The third-order valence-electron chi connectivity index (χ3n) is 3.32. The van der Waals surface area contributed by atoms with Gasteiger partial charge in [-0.25, -0.2) is 0 Å². The Labute approximate surface area is 125 Å². The average molecular weight is 287 g/mol. The minimum atomic E-state index is -0.400. The lowest BCUT2D eigenvalue weighted by atomic mass is 9.77. The van der Waals surface area contributed by atoms with Gasteiger partial charge in [-0.05, 0) is 23.3 Å². The summed E-state index contributed by atoms with van der Waals surface area (Å²) in [7, 11) is 0. The van der Waals surface area contributed by atoms with Crippen LogP contribution in [0, 0.1) is 5.41 Å². The van der Waals surface area contributed by atoms with Crippen LogP contribution in [0.4, 0.5) is 0 Å². The molecule has 0 fully saturated rings. The van der Waals surface area contributed by atoms with Crippen LogP contribution in [0.15, 0.2) is 54.6 Å². The zero-order valence-corrected chi connectivity index (χ0v) is 12.8. The van der Waals surface area contributed by atoms with Gasteiger partial charge in [0, 0.05) is 10.4 Å². The fourth-order valence-electron chi connectivity index (χ4n) is 2.26. The minimum Gasteiger partial charge on any atom is -0.298 e. The Morgan fingerprint density at radius 3 is 2.10 bits per heavy atom. The Morgan fingerprint density at radius 2 is 1.55 bits per heavy atom. The molecule has 2 aromatic carbocycles. The predicted molar refractivity (Wildman–Crippen MR) is 84.2 cm³/mol. The van der Waals surface area contributed by atoms with Crippen LogP contribution in [0.1, 0.15) is 37.8 Å². The van der Waals surface area contributed by atoms with Gasteiger partial charge < -0.3 is 0 Å². The molecule has 2 rings (SSSR count). The third kappa shape index (κ3) is 3.29. The monoisotopic (exact) mass is 286 g/mol. The summed E-state index contributed by atoms with van der Waals surface area (Å²) in [5.74, 6) is -0.0686. The lowest BCUT2D eigenvalue weighted by Crippen LogP contribution is -2.27. The second-order valence-electron chi connectivity index (χ2n) is 6.01. The highest BCUT2D eigenvalue weighted by Gasteiger charge is 2.31. The molecule has 0 saturated carbocycles. The van der Waals surface area contributed by atoms with Crippen molar-refractivity contribution < 1.29 is 4.79 Å². The largest absolute Gasteiger partial charge is 0.298 e. The Morgan fingerprint density at radius 1 is 0.950 bits per heavy atom. The van der Waals surface area contributed by atoms with Crippen molar-refractivity contribution in [1.82, 2.24) is 0 Å². The molecule has 0 spiro atoms. The maximum Gasteiger partial charge on any atom is 0.150 e. The van der Waals surface area contributed by atoms with Crippen LogP contribution in [0.25, 0.3) is 0 Å². The van der Waals surface area contributed by atoms with Crippen molar-refractivity contribution in [3.63, 3.8) is 0 Å².